The lowest BCUT2D eigenvalue weighted by atomic mass is 10.1. The molecule has 3 nitrogen and oxygen atoms in total. The summed E-state index contributed by atoms with van der Waals surface area (Å²) < 4.78 is 0. The Bertz CT molecular complexity index is 441. The lowest BCUT2D eigenvalue weighted by Crippen LogP contribution is -3.12. The molecule has 1 aliphatic heterocycles. The molecular weight excluding hydrogens is 278 g/mol. The van der Waals surface area contributed by atoms with Gasteiger partial charge in [0, 0.05) is 18.7 Å². The Labute approximate surface area is 134 Å². The first-order valence-corrected chi connectivity index (χ1v) is 8.66. The van der Waals surface area contributed by atoms with E-state index in [0.717, 1.165) is 23.8 Å². The van der Waals surface area contributed by atoms with Crippen molar-refractivity contribution < 1.29 is 4.90 Å². The van der Waals surface area contributed by atoms with Gasteiger partial charge in [-0.1, -0.05) is 25.1 Å². The first-order valence-electron chi connectivity index (χ1n) is 8.26. The predicted molar refractivity (Wildman–Crippen MR) is 94.1 cm³/mol. The van der Waals surface area contributed by atoms with Gasteiger partial charge in [0.25, 0.3) is 0 Å². The summed E-state index contributed by atoms with van der Waals surface area (Å²) in [5.41, 5.74) is 2.43. The van der Waals surface area contributed by atoms with Crippen LogP contribution in [0.25, 0.3) is 0 Å². The van der Waals surface area contributed by atoms with Crippen LogP contribution in [-0.2, 0) is 6.42 Å². The highest BCUT2D eigenvalue weighted by atomic mass is 32.1. The SMILES string of the molecule is CCc1ccccc1NC(=S)NCCC[NH+]1CCCCC1. The molecule has 0 aliphatic carbocycles. The van der Waals surface area contributed by atoms with Gasteiger partial charge in [0.15, 0.2) is 5.11 Å². The summed E-state index contributed by atoms with van der Waals surface area (Å²) in [6.45, 7) is 7.10. The molecule has 4 heteroatoms. The summed E-state index contributed by atoms with van der Waals surface area (Å²) >= 11 is 5.38. The van der Waals surface area contributed by atoms with Crippen LogP contribution in [0.1, 0.15) is 38.2 Å². The molecule has 0 unspecified atom stereocenters. The number of nitrogens with one attached hydrogen (secondary N) is 3. The number of rotatable bonds is 6. The van der Waals surface area contributed by atoms with Crippen LogP contribution < -0.4 is 15.5 Å². The summed E-state index contributed by atoms with van der Waals surface area (Å²) in [6.07, 6.45) is 6.43. The number of para-hydroxylation sites is 1. The number of piperidine rings is 1. The number of benzene rings is 1. The molecule has 0 aromatic heterocycles. The molecule has 1 aromatic rings. The topological polar surface area (TPSA) is 28.5 Å². The van der Waals surface area contributed by atoms with E-state index in [9.17, 15) is 0 Å². The van der Waals surface area contributed by atoms with Crippen molar-refractivity contribution in [3.8, 4) is 0 Å². The molecule has 0 radical (unpaired) electrons. The van der Waals surface area contributed by atoms with Crippen molar-refractivity contribution >= 4 is 23.0 Å². The molecule has 1 heterocycles. The van der Waals surface area contributed by atoms with Gasteiger partial charge in [-0.3, -0.25) is 0 Å². The quantitative estimate of drug-likeness (QED) is 0.554. The molecule has 0 spiro atoms. The van der Waals surface area contributed by atoms with Crippen LogP contribution >= 0.6 is 12.2 Å². The van der Waals surface area contributed by atoms with Crippen molar-refractivity contribution in [1.29, 1.82) is 0 Å². The van der Waals surface area contributed by atoms with Crippen LogP contribution in [0, 0.1) is 0 Å². The Balaban J connectivity index is 1.65. The zero-order valence-electron chi connectivity index (χ0n) is 13.1. The van der Waals surface area contributed by atoms with Crippen molar-refractivity contribution in [3.63, 3.8) is 0 Å². The molecule has 0 saturated carbocycles. The summed E-state index contributed by atoms with van der Waals surface area (Å²) in [5.74, 6) is 0. The van der Waals surface area contributed by atoms with Gasteiger partial charge in [0.2, 0.25) is 0 Å². The summed E-state index contributed by atoms with van der Waals surface area (Å²) in [5, 5.41) is 7.38. The number of anilines is 1. The molecule has 3 N–H and O–H groups in total. The van der Waals surface area contributed by atoms with Crippen molar-refractivity contribution in [2.75, 3.05) is 31.5 Å². The molecule has 2 rings (SSSR count). The van der Waals surface area contributed by atoms with Gasteiger partial charge >= 0.3 is 0 Å². The number of aryl methyl sites for hydroxylation is 1. The van der Waals surface area contributed by atoms with Crippen LogP contribution in [0.5, 0.6) is 0 Å². The third kappa shape index (κ3) is 5.64. The second kappa shape index (κ2) is 9.00. The van der Waals surface area contributed by atoms with Crippen molar-refractivity contribution in [1.82, 2.24) is 5.32 Å². The lowest BCUT2D eigenvalue weighted by molar-refractivity contribution is -0.904. The van der Waals surface area contributed by atoms with Gasteiger partial charge in [-0.25, -0.2) is 0 Å². The average Bonchev–Trinajstić information content (AvgIpc) is 2.53. The highest BCUT2D eigenvalue weighted by molar-refractivity contribution is 7.80. The fourth-order valence-electron chi connectivity index (χ4n) is 2.96. The monoisotopic (exact) mass is 306 g/mol. The fraction of sp³-hybridized carbons (Fsp3) is 0.588. The molecule has 21 heavy (non-hydrogen) atoms. The van der Waals surface area contributed by atoms with Gasteiger partial charge in [0.05, 0.1) is 19.6 Å². The maximum atomic E-state index is 5.38. The van der Waals surface area contributed by atoms with Crippen LogP contribution in [-0.4, -0.2) is 31.3 Å². The second-order valence-electron chi connectivity index (χ2n) is 5.81. The number of thiocarbonyl (C=S) groups is 1. The van der Waals surface area contributed by atoms with Gasteiger partial charge < -0.3 is 15.5 Å². The summed E-state index contributed by atoms with van der Waals surface area (Å²) in [6, 6.07) is 8.35. The maximum absolute atomic E-state index is 5.38. The van der Waals surface area contributed by atoms with E-state index < -0.39 is 0 Å². The van der Waals surface area contributed by atoms with E-state index in [2.05, 4.69) is 35.8 Å². The Kier molecular flexibility index (Phi) is 6.96. The molecule has 1 saturated heterocycles. The Hall–Kier alpha value is -1.13. The third-order valence-electron chi connectivity index (χ3n) is 4.20. The number of quaternary nitrogens is 1. The van der Waals surface area contributed by atoms with Crippen molar-refractivity contribution in [2.45, 2.75) is 39.0 Å². The molecular formula is C17H28N3S+. The van der Waals surface area contributed by atoms with E-state index in [-0.39, 0.29) is 0 Å². The van der Waals surface area contributed by atoms with E-state index in [1.54, 1.807) is 4.90 Å². The smallest absolute Gasteiger partial charge is 0.170 e. The summed E-state index contributed by atoms with van der Waals surface area (Å²) in [7, 11) is 0. The zero-order valence-corrected chi connectivity index (χ0v) is 13.9. The minimum absolute atomic E-state index is 0.740. The van der Waals surface area contributed by atoms with E-state index in [0.29, 0.717) is 0 Å². The molecule has 0 amide bonds. The van der Waals surface area contributed by atoms with E-state index in [1.165, 1.54) is 50.9 Å². The van der Waals surface area contributed by atoms with Crippen molar-refractivity contribution in [3.05, 3.63) is 29.8 Å². The van der Waals surface area contributed by atoms with Crippen molar-refractivity contribution in [2.24, 2.45) is 0 Å². The molecule has 1 fully saturated rings. The van der Waals surface area contributed by atoms with Gasteiger partial charge in [-0.05, 0) is 49.5 Å². The molecule has 116 valence electrons. The van der Waals surface area contributed by atoms with Crippen LogP contribution in [0.15, 0.2) is 24.3 Å². The van der Waals surface area contributed by atoms with Gasteiger partial charge in [-0.2, -0.15) is 0 Å². The Morgan fingerprint density at radius 1 is 1.19 bits per heavy atom. The van der Waals surface area contributed by atoms with E-state index >= 15 is 0 Å². The zero-order chi connectivity index (χ0) is 14.9. The highest BCUT2D eigenvalue weighted by Crippen LogP contribution is 2.14. The first kappa shape index (κ1) is 16.2. The third-order valence-corrected chi connectivity index (χ3v) is 4.45. The minimum Gasteiger partial charge on any atom is -0.362 e. The number of likely N-dealkylation sites (tertiary alicyclic amines) is 1. The number of hydrogen-bond acceptors (Lipinski definition) is 1. The number of hydrogen-bond donors (Lipinski definition) is 3. The summed E-state index contributed by atoms with van der Waals surface area (Å²) in [4.78, 5) is 1.76. The van der Waals surface area contributed by atoms with Gasteiger partial charge in [0.1, 0.15) is 0 Å². The molecule has 1 aliphatic rings. The molecule has 1 aromatic carbocycles. The predicted octanol–water partition coefficient (Wildman–Crippen LogP) is 1.99. The average molecular weight is 306 g/mol. The highest BCUT2D eigenvalue weighted by Gasteiger charge is 2.12. The molecule has 0 atom stereocenters. The fourth-order valence-corrected chi connectivity index (χ4v) is 3.17. The Morgan fingerprint density at radius 2 is 1.95 bits per heavy atom. The van der Waals surface area contributed by atoms with Crippen LogP contribution in [0.2, 0.25) is 0 Å². The van der Waals surface area contributed by atoms with Gasteiger partial charge in [-0.15, -0.1) is 0 Å². The minimum atomic E-state index is 0.740. The lowest BCUT2D eigenvalue weighted by Gasteiger charge is -2.23. The van der Waals surface area contributed by atoms with E-state index in [4.69, 9.17) is 12.2 Å². The maximum Gasteiger partial charge on any atom is 0.170 e. The first-order chi connectivity index (χ1) is 10.3. The Morgan fingerprint density at radius 3 is 2.71 bits per heavy atom. The largest absolute Gasteiger partial charge is 0.362 e. The van der Waals surface area contributed by atoms with E-state index in [1.807, 2.05) is 6.07 Å². The molecule has 0 bridgehead atoms. The second-order valence-corrected chi connectivity index (χ2v) is 6.21. The standard InChI is InChI=1S/C17H27N3S/c1-2-15-9-4-5-10-16(15)19-17(21)18-11-8-14-20-12-6-3-7-13-20/h4-5,9-10H,2-3,6-8,11-14H2,1H3,(H2,18,19,21)/p+1. The van der Waals surface area contributed by atoms with Crippen LogP contribution in [0.4, 0.5) is 5.69 Å². The van der Waals surface area contributed by atoms with Crippen LogP contribution in [0.3, 0.4) is 0 Å². The normalized spacial score (nSPS) is 15.7.